The quantitative estimate of drug-likeness (QED) is 0.424. The van der Waals surface area contributed by atoms with Crippen LogP contribution in [0.2, 0.25) is 0 Å². The summed E-state index contributed by atoms with van der Waals surface area (Å²) in [5, 5.41) is 2.93. The van der Waals surface area contributed by atoms with Gasteiger partial charge in [0.2, 0.25) is 5.91 Å². The Labute approximate surface area is 206 Å². The Balaban J connectivity index is 1.89. The molecule has 0 aliphatic carbocycles. The van der Waals surface area contributed by atoms with Crippen LogP contribution in [0, 0.1) is 13.8 Å². The summed E-state index contributed by atoms with van der Waals surface area (Å²) in [6.45, 7) is 3.02. The van der Waals surface area contributed by atoms with Crippen molar-refractivity contribution in [1.82, 2.24) is 14.1 Å². The summed E-state index contributed by atoms with van der Waals surface area (Å²) >= 11 is 0. The van der Waals surface area contributed by atoms with Crippen LogP contribution < -0.4 is 30.8 Å². The lowest BCUT2D eigenvalue weighted by Gasteiger charge is -2.17. The monoisotopic (exact) mass is 490 g/mol. The molecule has 1 amide bonds. The minimum Gasteiger partial charge on any atom is -0.497 e. The van der Waals surface area contributed by atoms with Crippen molar-refractivity contribution in [3.63, 3.8) is 0 Å². The molecule has 10 nitrogen and oxygen atoms in total. The molecule has 0 bridgehead atoms. The Morgan fingerprint density at radius 3 is 2.36 bits per heavy atom. The molecule has 4 rings (SSSR count). The highest BCUT2D eigenvalue weighted by Crippen LogP contribution is 2.29. The predicted octanol–water partition coefficient (Wildman–Crippen LogP) is 2.83. The maximum absolute atomic E-state index is 13.7. The molecule has 0 radical (unpaired) electrons. The first-order valence-corrected chi connectivity index (χ1v) is 11.1. The van der Waals surface area contributed by atoms with Crippen molar-refractivity contribution in [2.24, 2.45) is 0 Å². The third kappa shape index (κ3) is 4.40. The lowest BCUT2D eigenvalue weighted by molar-refractivity contribution is -0.116. The number of anilines is 1. The van der Waals surface area contributed by atoms with Crippen molar-refractivity contribution in [2.75, 3.05) is 26.6 Å². The number of nitrogens with one attached hydrogen (secondary N) is 1. The first-order valence-electron chi connectivity index (χ1n) is 11.1. The summed E-state index contributed by atoms with van der Waals surface area (Å²) in [4.78, 5) is 44.7. The molecule has 0 atom stereocenters. The summed E-state index contributed by atoms with van der Waals surface area (Å²) in [6.07, 6.45) is 0. The van der Waals surface area contributed by atoms with E-state index < -0.39 is 23.7 Å². The number of amides is 1. The van der Waals surface area contributed by atoms with E-state index in [-0.39, 0.29) is 11.0 Å². The number of ether oxygens (including phenoxy) is 3. The minimum atomic E-state index is -0.720. The average Bonchev–Trinajstić information content (AvgIpc) is 2.86. The van der Waals surface area contributed by atoms with Crippen LogP contribution in [-0.4, -0.2) is 41.4 Å². The number of carbonyl (C=O) groups is 1. The Hall–Kier alpha value is -4.60. The molecular formula is C26H26N4O6. The van der Waals surface area contributed by atoms with Crippen molar-refractivity contribution in [2.45, 2.75) is 20.4 Å². The number of hydrogen-bond acceptors (Lipinski definition) is 7. The van der Waals surface area contributed by atoms with E-state index in [2.05, 4.69) is 10.3 Å². The smallest absolute Gasteiger partial charge is 0.337 e. The molecule has 4 aromatic rings. The lowest BCUT2D eigenvalue weighted by Crippen LogP contribution is -2.42. The summed E-state index contributed by atoms with van der Waals surface area (Å²) in [5.74, 6) is 0.726. The van der Waals surface area contributed by atoms with E-state index >= 15 is 0 Å². The summed E-state index contributed by atoms with van der Waals surface area (Å²) in [6, 6.07) is 13.6. The number of fused-ring (bicyclic) bond motifs is 1. The number of hydrogen-bond donors (Lipinski definition) is 1. The third-order valence-electron chi connectivity index (χ3n) is 5.73. The van der Waals surface area contributed by atoms with Gasteiger partial charge in [-0.15, -0.1) is 0 Å². The van der Waals surface area contributed by atoms with Crippen molar-refractivity contribution >= 4 is 22.6 Å². The number of nitrogens with zero attached hydrogens (tertiary/aromatic N) is 3. The van der Waals surface area contributed by atoms with E-state index in [4.69, 9.17) is 14.2 Å². The van der Waals surface area contributed by atoms with Gasteiger partial charge in [-0.05, 0) is 49.7 Å². The lowest BCUT2D eigenvalue weighted by atomic mass is 10.1. The Kier molecular flexibility index (Phi) is 6.77. The fraction of sp³-hybridized carbons (Fsp3) is 0.231. The molecule has 10 heteroatoms. The molecule has 0 fully saturated rings. The molecule has 0 aliphatic rings. The zero-order chi connectivity index (χ0) is 26.0. The van der Waals surface area contributed by atoms with Gasteiger partial charge in [-0.25, -0.2) is 18.9 Å². The van der Waals surface area contributed by atoms with Gasteiger partial charge >= 0.3 is 5.69 Å². The van der Waals surface area contributed by atoms with E-state index in [1.165, 1.54) is 25.9 Å². The third-order valence-corrected chi connectivity index (χ3v) is 5.73. The molecule has 36 heavy (non-hydrogen) atoms. The molecule has 0 spiro atoms. The van der Waals surface area contributed by atoms with Gasteiger partial charge in [0.05, 0.1) is 38.1 Å². The van der Waals surface area contributed by atoms with Gasteiger partial charge in [-0.1, -0.05) is 12.1 Å². The number of benzene rings is 2. The van der Waals surface area contributed by atoms with Crippen molar-refractivity contribution < 1.29 is 19.0 Å². The van der Waals surface area contributed by atoms with Crippen molar-refractivity contribution in [1.29, 1.82) is 0 Å². The summed E-state index contributed by atoms with van der Waals surface area (Å²) < 4.78 is 18.2. The second-order valence-corrected chi connectivity index (χ2v) is 8.07. The number of carbonyl (C=O) groups excluding carboxylic acids is 1. The van der Waals surface area contributed by atoms with Gasteiger partial charge in [0.1, 0.15) is 23.8 Å². The number of aryl methyl sites for hydroxylation is 2. The van der Waals surface area contributed by atoms with Gasteiger partial charge in [0.25, 0.3) is 5.56 Å². The van der Waals surface area contributed by atoms with Crippen LogP contribution in [0.3, 0.4) is 0 Å². The van der Waals surface area contributed by atoms with Crippen LogP contribution in [0.25, 0.3) is 16.7 Å². The SMILES string of the molecule is COc1ccc(OC)c(NC(=O)Cn2c(=O)c3c(C)cc(C)nc3n(-c3ccccc3OC)c2=O)c1. The van der Waals surface area contributed by atoms with Gasteiger partial charge in [0, 0.05) is 11.8 Å². The molecule has 0 saturated heterocycles. The van der Waals surface area contributed by atoms with Crippen LogP contribution in [0.1, 0.15) is 11.3 Å². The highest BCUT2D eigenvalue weighted by molar-refractivity contribution is 5.92. The highest BCUT2D eigenvalue weighted by atomic mass is 16.5. The molecule has 1 N–H and O–H groups in total. The van der Waals surface area contributed by atoms with Crippen LogP contribution >= 0.6 is 0 Å². The fourth-order valence-corrected chi connectivity index (χ4v) is 4.09. The number of methoxy groups -OCH3 is 3. The first kappa shape index (κ1) is 24.5. The van der Waals surface area contributed by atoms with E-state index in [1.807, 2.05) is 0 Å². The van der Waals surface area contributed by atoms with Crippen LogP contribution in [0.5, 0.6) is 17.2 Å². The summed E-state index contributed by atoms with van der Waals surface area (Å²) in [7, 11) is 4.45. The van der Waals surface area contributed by atoms with Gasteiger partial charge in [-0.2, -0.15) is 0 Å². The van der Waals surface area contributed by atoms with Crippen LogP contribution in [0.15, 0.2) is 58.1 Å². The Morgan fingerprint density at radius 1 is 0.944 bits per heavy atom. The minimum absolute atomic E-state index is 0.193. The Bertz CT molecular complexity index is 1590. The normalized spacial score (nSPS) is 10.8. The summed E-state index contributed by atoms with van der Waals surface area (Å²) in [5.41, 5.74) is 0.877. The first-order chi connectivity index (χ1) is 17.3. The van der Waals surface area contributed by atoms with E-state index in [1.54, 1.807) is 62.4 Å². The predicted molar refractivity (Wildman–Crippen MR) is 136 cm³/mol. The van der Waals surface area contributed by atoms with Crippen molar-refractivity contribution in [3.8, 4) is 22.9 Å². The molecule has 2 aromatic heterocycles. The van der Waals surface area contributed by atoms with Gasteiger partial charge in [0.15, 0.2) is 5.65 Å². The standard InChI is InChI=1S/C26H26N4O6/c1-15-12-16(2)27-24-23(15)25(32)29(26(33)30(24)19-8-6-7-9-21(19)36-5)14-22(31)28-18-13-17(34-3)10-11-20(18)35-4/h6-13H,14H2,1-5H3,(H,28,31). The van der Waals surface area contributed by atoms with Crippen LogP contribution in [-0.2, 0) is 11.3 Å². The number of para-hydroxylation sites is 2. The average molecular weight is 491 g/mol. The number of pyridine rings is 1. The number of rotatable bonds is 7. The molecule has 186 valence electrons. The topological polar surface area (TPSA) is 114 Å². The maximum Gasteiger partial charge on any atom is 0.337 e. The van der Waals surface area contributed by atoms with Gasteiger partial charge < -0.3 is 19.5 Å². The van der Waals surface area contributed by atoms with E-state index in [9.17, 15) is 14.4 Å². The highest BCUT2D eigenvalue weighted by Gasteiger charge is 2.21. The largest absolute Gasteiger partial charge is 0.497 e. The number of aromatic nitrogens is 3. The molecule has 0 saturated carbocycles. The second-order valence-electron chi connectivity index (χ2n) is 8.07. The van der Waals surface area contributed by atoms with Crippen molar-refractivity contribution in [3.05, 3.63) is 80.6 Å². The zero-order valence-corrected chi connectivity index (χ0v) is 20.6. The fourth-order valence-electron chi connectivity index (χ4n) is 4.09. The zero-order valence-electron chi connectivity index (χ0n) is 20.6. The van der Waals surface area contributed by atoms with Crippen LogP contribution in [0.4, 0.5) is 5.69 Å². The van der Waals surface area contributed by atoms with E-state index in [0.717, 1.165) is 4.57 Å². The molecule has 2 heterocycles. The molecule has 0 unspecified atom stereocenters. The molecule has 0 aliphatic heterocycles. The second kappa shape index (κ2) is 9.95. The Morgan fingerprint density at radius 2 is 1.67 bits per heavy atom. The van der Waals surface area contributed by atoms with E-state index in [0.29, 0.717) is 39.9 Å². The van der Waals surface area contributed by atoms with Gasteiger partial charge in [-0.3, -0.25) is 9.59 Å². The molecule has 2 aromatic carbocycles. The molecular weight excluding hydrogens is 464 g/mol. The maximum atomic E-state index is 13.7.